The molecule has 1 aromatic rings. The molecule has 4 nitrogen and oxygen atoms in total. The number of likely N-dealkylation sites (tertiary alicyclic amines) is 1. The van der Waals surface area contributed by atoms with E-state index in [2.05, 4.69) is 20.8 Å². The Morgan fingerprint density at radius 2 is 1.88 bits per heavy atom. The van der Waals surface area contributed by atoms with Gasteiger partial charge in [0.25, 0.3) is 0 Å². The van der Waals surface area contributed by atoms with Crippen LogP contribution in [0.2, 0.25) is 0 Å². The van der Waals surface area contributed by atoms with Crippen molar-refractivity contribution in [1.82, 2.24) is 4.90 Å². The first-order valence-corrected chi connectivity index (χ1v) is 9.20. The van der Waals surface area contributed by atoms with Gasteiger partial charge in [-0.15, -0.1) is 11.6 Å². The Bertz CT molecular complexity index is 546. The lowest BCUT2D eigenvalue weighted by molar-refractivity contribution is -0.163. The highest BCUT2D eigenvalue weighted by Gasteiger charge is 2.61. The number of amides is 1. The molecule has 0 bridgehead atoms. The van der Waals surface area contributed by atoms with Crippen molar-refractivity contribution in [3.05, 3.63) is 29.8 Å². The summed E-state index contributed by atoms with van der Waals surface area (Å²) in [5, 5.41) is -0.540. The second kappa shape index (κ2) is 8.21. The van der Waals surface area contributed by atoms with E-state index < -0.39 is 10.9 Å². The van der Waals surface area contributed by atoms with Gasteiger partial charge in [-0.05, 0) is 37.0 Å². The summed E-state index contributed by atoms with van der Waals surface area (Å²) in [5.74, 6) is 1.02. The molecule has 1 saturated heterocycles. The molecule has 0 radical (unpaired) electrons. The van der Waals surface area contributed by atoms with E-state index in [4.69, 9.17) is 21.1 Å². The Morgan fingerprint density at radius 1 is 1.21 bits per heavy atom. The second-order valence-corrected chi connectivity index (χ2v) is 6.84. The maximum atomic E-state index is 12.4. The number of carbonyl (C=O) groups excluding carboxylic acids is 1. The fraction of sp³-hybridized carbons (Fsp3) is 0.632. The van der Waals surface area contributed by atoms with Crippen molar-refractivity contribution in [3.8, 4) is 5.75 Å². The van der Waals surface area contributed by atoms with Crippen LogP contribution in [0, 0.1) is 5.92 Å². The van der Waals surface area contributed by atoms with Gasteiger partial charge < -0.3 is 14.4 Å². The van der Waals surface area contributed by atoms with E-state index in [-0.39, 0.29) is 11.8 Å². The number of ether oxygens (including phenoxy) is 2. The Balaban J connectivity index is 2.27. The number of halogens is 1. The van der Waals surface area contributed by atoms with Gasteiger partial charge in [-0.1, -0.05) is 32.9 Å². The average molecular weight is 354 g/mol. The monoisotopic (exact) mass is 353 g/mol. The molecular weight excluding hydrogens is 326 g/mol. The number of hydrogen-bond donors (Lipinski definition) is 0. The number of alkyl halides is 1. The maximum absolute atomic E-state index is 12.4. The zero-order valence-electron chi connectivity index (χ0n) is 15.0. The molecule has 1 heterocycles. The summed E-state index contributed by atoms with van der Waals surface area (Å²) in [4.78, 5) is 14.2. The topological polar surface area (TPSA) is 38.8 Å². The zero-order valence-corrected chi connectivity index (χ0v) is 15.8. The molecule has 1 fully saturated rings. The lowest BCUT2D eigenvalue weighted by atomic mass is 9.69. The van der Waals surface area contributed by atoms with Crippen molar-refractivity contribution in [2.75, 3.05) is 26.4 Å². The number of rotatable bonds is 9. The molecule has 0 aliphatic carbocycles. The predicted octanol–water partition coefficient (Wildman–Crippen LogP) is 3.81. The molecule has 2 unspecified atom stereocenters. The van der Waals surface area contributed by atoms with E-state index in [9.17, 15) is 4.79 Å². The summed E-state index contributed by atoms with van der Waals surface area (Å²) < 4.78 is 11.1. The molecule has 0 spiro atoms. The SMILES string of the molecule is CCCOc1ccc(C2(C(C)C)C(Cl)C(=O)N2CCOCC)cc1. The summed E-state index contributed by atoms with van der Waals surface area (Å²) in [6.45, 7) is 10.7. The molecule has 1 aliphatic rings. The first kappa shape index (κ1) is 19.1. The average Bonchev–Trinajstić information content (AvgIpc) is 2.59. The normalized spacial score (nSPS) is 23.5. The third-order valence-corrected chi connectivity index (χ3v) is 5.17. The number of β-lactam (4-membered cyclic amide) rings is 1. The molecule has 2 atom stereocenters. The molecule has 2 rings (SSSR count). The van der Waals surface area contributed by atoms with E-state index in [0.717, 1.165) is 17.7 Å². The highest BCUT2D eigenvalue weighted by Crippen LogP contribution is 2.50. The van der Waals surface area contributed by atoms with E-state index in [0.29, 0.717) is 26.4 Å². The Morgan fingerprint density at radius 3 is 2.42 bits per heavy atom. The molecular formula is C19H28ClNO3. The Hall–Kier alpha value is -1.26. The van der Waals surface area contributed by atoms with Crippen LogP contribution < -0.4 is 4.74 Å². The first-order valence-electron chi connectivity index (χ1n) is 8.76. The number of hydrogen-bond acceptors (Lipinski definition) is 3. The summed E-state index contributed by atoms with van der Waals surface area (Å²) in [7, 11) is 0. The van der Waals surface area contributed by atoms with E-state index in [1.165, 1.54) is 0 Å². The van der Waals surface area contributed by atoms with Crippen LogP contribution in [0.25, 0.3) is 0 Å². The van der Waals surface area contributed by atoms with Crippen LogP contribution in [-0.2, 0) is 15.1 Å². The van der Waals surface area contributed by atoms with Gasteiger partial charge in [-0.25, -0.2) is 0 Å². The van der Waals surface area contributed by atoms with Crippen LogP contribution in [0.3, 0.4) is 0 Å². The fourth-order valence-corrected chi connectivity index (χ4v) is 4.06. The van der Waals surface area contributed by atoms with Crippen LogP contribution in [0.5, 0.6) is 5.75 Å². The third kappa shape index (κ3) is 3.27. The van der Waals surface area contributed by atoms with Crippen LogP contribution in [0.1, 0.15) is 39.7 Å². The van der Waals surface area contributed by atoms with Gasteiger partial charge >= 0.3 is 0 Å². The standard InChI is InChI=1S/C19H28ClNO3/c1-5-12-24-16-9-7-15(8-10-16)19(14(3)4)17(20)18(22)21(19)11-13-23-6-2/h7-10,14,17H,5-6,11-13H2,1-4H3. The minimum absolute atomic E-state index is 0.0172. The smallest absolute Gasteiger partial charge is 0.244 e. The van der Waals surface area contributed by atoms with Gasteiger partial charge in [-0.2, -0.15) is 0 Å². The van der Waals surface area contributed by atoms with Gasteiger partial charge in [0.1, 0.15) is 11.1 Å². The van der Waals surface area contributed by atoms with Crippen molar-refractivity contribution in [1.29, 1.82) is 0 Å². The van der Waals surface area contributed by atoms with Crippen LogP contribution in [0.4, 0.5) is 0 Å². The maximum Gasteiger partial charge on any atom is 0.244 e. The number of benzene rings is 1. The van der Waals surface area contributed by atoms with Gasteiger partial charge in [0.15, 0.2) is 0 Å². The van der Waals surface area contributed by atoms with E-state index in [1.54, 1.807) is 0 Å². The van der Waals surface area contributed by atoms with Gasteiger partial charge in [0.2, 0.25) is 5.91 Å². The fourth-order valence-electron chi connectivity index (χ4n) is 3.45. The van der Waals surface area contributed by atoms with E-state index >= 15 is 0 Å². The van der Waals surface area contributed by atoms with E-state index in [1.807, 2.05) is 36.1 Å². The highest BCUT2D eigenvalue weighted by molar-refractivity contribution is 6.34. The van der Waals surface area contributed by atoms with Crippen LogP contribution >= 0.6 is 11.6 Å². The second-order valence-electron chi connectivity index (χ2n) is 6.40. The highest BCUT2D eigenvalue weighted by atomic mass is 35.5. The lowest BCUT2D eigenvalue weighted by Gasteiger charge is -2.58. The van der Waals surface area contributed by atoms with Crippen molar-refractivity contribution in [2.45, 2.75) is 45.0 Å². The molecule has 0 saturated carbocycles. The predicted molar refractivity (Wildman–Crippen MR) is 96.6 cm³/mol. The molecule has 0 N–H and O–H groups in total. The lowest BCUT2D eigenvalue weighted by Crippen LogP contribution is -2.72. The first-order chi connectivity index (χ1) is 11.5. The molecule has 1 amide bonds. The van der Waals surface area contributed by atoms with Crippen molar-refractivity contribution in [3.63, 3.8) is 0 Å². The number of carbonyl (C=O) groups is 1. The van der Waals surface area contributed by atoms with Crippen LogP contribution in [0.15, 0.2) is 24.3 Å². The molecule has 24 heavy (non-hydrogen) atoms. The van der Waals surface area contributed by atoms with Gasteiger partial charge in [-0.3, -0.25) is 4.79 Å². The molecule has 1 aromatic carbocycles. The van der Waals surface area contributed by atoms with Crippen molar-refractivity contribution >= 4 is 17.5 Å². The summed E-state index contributed by atoms with van der Waals surface area (Å²) >= 11 is 6.52. The van der Waals surface area contributed by atoms with Gasteiger partial charge in [0, 0.05) is 13.2 Å². The minimum atomic E-state index is -0.540. The third-order valence-electron chi connectivity index (χ3n) is 4.65. The molecule has 0 aromatic heterocycles. The summed E-state index contributed by atoms with van der Waals surface area (Å²) in [6.07, 6.45) is 0.973. The summed E-state index contributed by atoms with van der Waals surface area (Å²) in [6, 6.07) is 7.98. The Labute approximate surface area is 150 Å². The van der Waals surface area contributed by atoms with Crippen molar-refractivity contribution < 1.29 is 14.3 Å². The van der Waals surface area contributed by atoms with Crippen LogP contribution in [-0.4, -0.2) is 42.5 Å². The van der Waals surface area contributed by atoms with Gasteiger partial charge in [0.05, 0.1) is 18.8 Å². The van der Waals surface area contributed by atoms with Crippen molar-refractivity contribution in [2.24, 2.45) is 5.92 Å². The summed E-state index contributed by atoms with van der Waals surface area (Å²) in [5.41, 5.74) is 0.566. The number of nitrogens with zero attached hydrogens (tertiary/aromatic N) is 1. The zero-order chi connectivity index (χ0) is 17.7. The quantitative estimate of drug-likeness (QED) is 0.385. The Kier molecular flexibility index (Phi) is 6.53. The minimum Gasteiger partial charge on any atom is -0.494 e. The molecule has 134 valence electrons. The molecule has 1 aliphatic heterocycles. The molecule has 5 heteroatoms. The largest absolute Gasteiger partial charge is 0.494 e.